The van der Waals surface area contributed by atoms with Crippen LogP contribution < -0.4 is 25.4 Å². The van der Waals surface area contributed by atoms with Crippen molar-refractivity contribution >= 4 is 44.7 Å². The fourth-order valence-corrected chi connectivity index (χ4v) is 2.93. The first-order valence-electron chi connectivity index (χ1n) is 8.45. The fraction of sp³-hybridized carbons (Fsp3) is 0.111. The minimum absolute atomic E-state index is 0.129. The van der Waals surface area contributed by atoms with Crippen LogP contribution in [0.4, 0.5) is 38.9 Å². The molecule has 11 heteroatoms. The van der Waals surface area contributed by atoms with E-state index in [1.165, 1.54) is 6.07 Å². The average Bonchev–Trinajstić information content (AvgIpc) is 2.65. The van der Waals surface area contributed by atoms with Gasteiger partial charge in [-0.1, -0.05) is 12.1 Å². The van der Waals surface area contributed by atoms with Crippen molar-refractivity contribution in [1.29, 1.82) is 0 Å². The second-order valence-electron chi connectivity index (χ2n) is 6.27. The van der Waals surface area contributed by atoms with E-state index in [2.05, 4.69) is 25.3 Å². The summed E-state index contributed by atoms with van der Waals surface area (Å²) >= 11 is 0. The molecule has 9 nitrogen and oxygen atoms in total. The molecule has 5 N–H and O–H groups in total. The topological polar surface area (TPSA) is 125 Å². The van der Waals surface area contributed by atoms with Crippen LogP contribution in [0.3, 0.4) is 0 Å². The standard InChI is InChI=1S/C18H20FN7O2S/c1-26(2)13-9-7-12(8-10-13)22-18-21-11-14(19)17(24-18)23-15-5-3-4-6-16(15)25-29(20,27)28/h3-11,25H,1-2H3,(H2,20,27,28)(H2,21,22,23,24). The summed E-state index contributed by atoms with van der Waals surface area (Å²) in [6.45, 7) is 0. The minimum Gasteiger partial charge on any atom is -0.378 e. The summed E-state index contributed by atoms with van der Waals surface area (Å²) < 4.78 is 39.0. The number of nitrogens with one attached hydrogen (secondary N) is 3. The van der Waals surface area contributed by atoms with Gasteiger partial charge in [0.25, 0.3) is 10.2 Å². The van der Waals surface area contributed by atoms with Gasteiger partial charge in [0.2, 0.25) is 5.95 Å². The lowest BCUT2D eigenvalue weighted by atomic mass is 10.2. The highest BCUT2D eigenvalue weighted by Gasteiger charge is 2.12. The van der Waals surface area contributed by atoms with E-state index in [9.17, 15) is 12.8 Å². The first-order valence-corrected chi connectivity index (χ1v) is 9.99. The lowest BCUT2D eigenvalue weighted by Gasteiger charge is -2.14. The SMILES string of the molecule is CN(C)c1ccc(Nc2ncc(F)c(Nc3ccccc3NS(N)(=O)=O)n2)cc1. The molecule has 0 radical (unpaired) electrons. The van der Waals surface area contributed by atoms with Crippen molar-refractivity contribution in [3.63, 3.8) is 0 Å². The second kappa shape index (κ2) is 8.29. The molecule has 29 heavy (non-hydrogen) atoms. The summed E-state index contributed by atoms with van der Waals surface area (Å²) in [5, 5.41) is 10.8. The molecule has 1 aromatic heterocycles. The molecule has 0 bridgehead atoms. The molecule has 0 aliphatic heterocycles. The number of aromatic nitrogens is 2. The molecule has 2 aromatic carbocycles. The third-order valence-electron chi connectivity index (χ3n) is 3.82. The Bertz CT molecular complexity index is 1110. The maximum absolute atomic E-state index is 14.2. The van der Waals surface area contributed by atoms with Crippen molar-refractivity contribution in [2.75, 3.05) is 34.4 Å². The fourth-order valence-electron chi connectivity index (χ4n) is 2.45. The van der Waals surface area contributed by atoms with Crippen molar-refractivity contribution < 1.29 is 12.8 Å². The van der Waals surface area contributed by atoms with Crippen LogP contribution in [0, 0.1) is 5.82 Å². The van der Waals surface area contributed by atoms with E-state index in [4.69, 9.17) is 5.14 Å². The van der Waals surface area contributed by atoms with E-state index in [0.29, 0.717) is 0 Å². The Morgan fingerprint density at radius 1 is 1.00 bits per heavy atom. The highest BCUT2D eigenvalue weighted by Crippen LogP contribution is 2.27. The quantitative estimate of drug-likeness (QED) is 0.466. The molecule has 0 spiro atoms. The zero-order valence-electron chi connectivity index (χ0n) is 15.7. The molecule has 1 heterocycles. The van der Waals surface area contributed by atoms with Crippen molar-refractivity contribution in [2.45, 2.75) is 0 Å². The molecule has 3 aromatic rings. The maximum Gasteiger partial charge on any atom is 0.296 e. The van der Waals surface area contributed by atoms with Gasteiger partial charge in [-0.2, -0.15) is 13.4 Å². The molecular weight excluding hydrogens is 397 g/mol. The highest BCUT2D eigenvalue weighted by atomic mass is 32.2. The summed E-state index contributed by atoms with van der Waals surface area (Å²) in [6.07, 6.45) is 1.02. The largest absolute Gasteiger partial charge is 0.378 e. The minimum atomic E-state index is -3.99. The zero-order chi connectivity index (χ0) is 21.0. The van der Waals surface area contributed by atoms with Crippen LogP contribution in [0.15, 0.2) is 54.7 Å². The highest BCUT2D eigenvalue weighted by molar-refractivity contribution is 7.90. The van der Waals surface area contributed by atoms with Gasteiger partial charge in [-0.15, -0.1) is 0 Å². The van der Waals surface area contributed by atoms with Gasteiger partial charge in [0, 0.05) is 25.5 Å². The van der Waals surface area contributed by atoms with Crippen LogP contribution in [-0.4, -0.2) is 32.5 Å². The van der Waals surface area contributed by atoms with E-state index in [-0.39, 0.29) is 23.1 Å². The number of benzene rings is 2. The van der Waals surface area contributed by atoms with E-state index in [1.807, 2.05) is 43.3 Å². The Morgan fingerprint density at radius 2 is 1.66 bits per heavy atom. The number of nitrogens with zero attached hydrogens (tertiary/aromatic N) is 3. The van der Waals surface area contributed by atoms with Crippen LogP contribution in [-0.2, 0) is 10.2 Å². The number of para-hydroxylation sites is 2. The molecule has 0 atom stereocenters. The van der Waals surface area contributed by atoms with Gasteiger partial charge in [-0.05, 0) is 36.4 Å². The van der Waals surface area contributed by atoms with Crippen LogP contribution >= 0.6 is 0 Å². The first-order chi connectivity index (χ1) is 13.7. The molecule has 0 saturated carbocycles. The van der Waals surface area contributed by atoms with Crippen molar-refractivity contribution in [1.82, 2.24) is 9.97 Å². The summed E-state index contributed by atoms with van der Waals surface area (Å²) in [7, 11) is -0.120. The molecule has 0 unspecified atom stereocenters. The van der Waals surface area contributed by atoms with E-state index in [1.54, 1.807) is 18.2 Å². The number of hydrogen-bond acceptors (Lipinski definition) is 7. The van der Waals surface area contributed by atoms with Crippen molar-refractivity contribution in [2.24, 2.45) is 5.14 Å². The van der Waals surface area contributed by atoms with Crippen LogP contribution in [0.1, 0.15) is 0 Å². The normalized spacial score (nSPS) is 11.0. The lowest BCUT2D eigenvalue weighted by Crippen LogP contribution is -2.22. The molecule has 152 valence electrons. The summed E-state index contributed by atoms with van der Waals surface area (Å²) in [5.74, 6) is -0.664. The number of rotatable bonds is 7. The Balaban J connectivity index is 1.83. The number of anilines is 6. The predicted octanol–water partition coefficient (Wildman–Crippen LogP) is 2.78. The third-order valence-corrected chi connectivity index (χ3v) is 4.32. The van der Waals surface area contributed by atoms with Gasteiger partial charge < -0.3 is 15.5 Å². The van der Waals surface area contributed by atoms with Crippen molar-refractivity contribution in [3.8, 4) is 0 Å². The molecule has 3 rings (SSSR count). The van der Waals surface area contributed by atoms with Gasteiger partial charge in [-0.25, -0.2) is 14.5 Å². The van der Waals surface area contributed by atoms with Gasteiger partial charge in [0.15, 0.2) is 11.6 Å². The van der Waals surface area contributed by atoms with E-state index in [0.717, 1.165) is 17.6 Å². The predicted molar refractivity (Wildman–Crippen MR) is 112 cm³/mol. The number of halogens is 1. The second-order valence-corrected chi connectivity index (χ2v) is 7.57. The summed E-state index contributed by atoms with van der Waals surface area (Å²) in [5.41, 5.74) is 2.18. The molecule has 0 fully saturated rings. The monoisotopic (exact) mass is 417 g/mol. The van der Waals surface area contributed by atoms with E-state index >= 15 is 0 Å². The maximum atomic E-state index is 14.2. The summed E-state index contributed by atoms with van der Waals surface area (Å²) in [4.78, 5) is 10.0. The van der Waals surface area contributed by atoms with Crippen LogP contribution in [0.25, 0.3) is 0 Å². The molecule has 0 saturated heterocycles. The molecule has 0 aliphatic rings. The zero-order valence-corrected chi connectivity index (χ0v) is 16.5. The molecule has 0 aliphatic carbocycles. The van der Waals surface area contributed by atoms with Crippen LogP contribution in [0.2, 0.25) is 0 Å². The van der Waals surface area contributed by atoms with Gasteiger partial charge in [0.05, 0.1) is 17.6 Å². The lowest BCUT2D eigenvalue weighted by molar-refractivity contribution is 0.603. The Morgan fingerprint density at radius 3 is 2.28 bits per heavy atom. The first kappa shape index (κ1) is 20.3. The summed E-state index contributed by atoms with van der Waals surface area (Å²) in [6, 6.07) is 13.8. The molecular formula is C18H20FN7O2S. The Hall–Kier alpha value is -3.44. The third kappa shape index (κ3) is 5.53. The van der Waals surface area contributed by atoms with E-state index < -0.39 is 16.0 Å². The smallest absolute Gasteiger partial charge is 0.296 e. The van der Waals surface area contributed by atoms with Gasteiger partial charge in [0.1, 0.15) is 0 Å². The van der Waals surface area contributed by atoms with Gasteiger partial charge in [-0.3, -0.25) is 4.72 Å². The number of hydrogen-bond donors (Lipinski definition) is 4. The van der Waals surface area contributed by atoms with Gasteiger partial charge >= 0.3 is 0 Å². The number of nitrogens with two attached hydrogens (primary N) is 1. The average molecular weight is 417 g/mol. The molecule has 0 amide bonds. The Labute approximate surface area is 168 Å². The van der Waals surface area contributed by atoms with Crippen LogP contribution in [0.5, 0.6) is 0 Å². The van der Waals surface area contributed by atoms with Crippen molar-refractivity contribution in [3.05, 3.63) is 60.5 Å². The Kier molecular flexibility index (Phi) is 5.80.